The Bertz CT molecular complexity index is 181. The van der Waals surface area contributed by atoms with Gasteiger partial charge in [0.25, 0.3) is 0 Å². The number of hydrogen-bond donors (Lipinski definition) is 3. The Labute approximate surface area is 70.6 Å². The molecule has 4 N–H and O–H groups in total. The molecular formula is C7H13N3O2. The molecule has 0 spiro atoms. The second-order valence-electron chi connectivity index (χ2n) is 2.11. The topological polar surface area (TPSA) is 92.0 Å². The van der Waals surface area contributed by atoms with Gasteiger partial charge in [-0.3, -0.25) is 4.79 Å². The van der Waals surface area contributed by atoms with Crippen molar-refractivity contribution in [2.75, 3.05) is 0 Å². The summed E-state index contributed by atoms with van der Waals surface area (Å²) in [5.74, 6) is -0.928. The summed E-state index contributed by atoms with van der Waals surface area (Å²) in [4.78, 5) is 16.2. The van der Waals surface area contributed by atoms with Crippen molar-refractivity contribution in [1.29, 1.82) is 0 Å². The third-order valence-electron chi connectivity index (χ3n) is 1.16. The van der Waals surface area contributed by atoms with Gasteiger partial charge >= 0.3 is 5.97 Å². The molecule has 1 aromatic rings. The second kappa shape index (κ2) is 6.36. The van der Waals surface area contributed by atoms with E-state index in [1.54, 1.807) is 25.6 Å². The van der Waals surface area contributed by atoms with Crippen molar-refractivity contribution in [2.24, 2.45) is 5.73 Å². The van der Waals surface area contributed by atoms with E-state index in [4.69, 9.17) is 10.8 Å². The number of carboxylic acids is 1. The summed E-state index contributed by atoms with van der Waals surface area (Å²) in [5.41, 5.74) is 5.02. The molecule has 0 aromatic carbocycles. The number of rotatable bonds is 2. The zero-order chi connectivity index (χ0) is 9.40. The van der Waals surface area contributed by atoms with Crippen LogP contribution in [0.4, 0.5) is 0 Å². The van der Waals surface area contributed by atoms with Crippen LogP contribution in [0.3, 0.4) is 0 Å². The predicted molar refractivity (Wildman–Crippen MR) is 44.5 cm³/mol. The summed E-state index contributed by atoms with van der Waals surface area (Å²) in [5, 5.41) is 8.06. The number of imidazole rings is 1. The molecule has 0 aliphatic rings. The lowest BCUT2D eigenvalue weighted by molar-refractivity contribution is -0.138. The van der Waals surface area contributed by atoms with Gasteiger partial charge in [0.15, 0.2) is 0 Å². The highest BCUT2D eigenvalue weighted by molar-refractivity contribution is 5.72. The van der Waals surface area contributed by atoms with Gasteiger partial charge in [0.2, 0.25) is 0 Å². The number of aliphatic carboxylic acids is 1. The van der Waals surface area contributed by atoms with Crippen LogP contribution in [0, 0.1) is 0 Å². The van der Waals surface area contributed by atoms with Gasteiger partial charge < -0.3 is 15.8 Å². The molecule has 5 heteroatoms. The zero-order valence-corrected chi connectivity index (χ0v) is 6.90. The van der Waals surface area contributed by atoms with Crippen LogP contribution in [0.15, 0.2) is 18.7 Å². The molecule has 0 fully saturated rings. The molecule has 68 valence electrons. The fourth-order valence-electron chi connectivity index (χ4n) is 0.390. The van der Waals surface area contributed by atoms with Crippen LogP contribution in [0.5, 0.6) is 0 Å². The minimum atomic E-state index is -0.928. The van der Waals surface area contributed by atoms with Gasteiger partial charge in [0.05, 0.1) is 6.33 Å². The summed E-state index contributed by atoms with van der Waals surface area (Å²) >= 11 is 0. The summed E-state index contributed by atoms with van der Waals surface area (Å²) in [6.45, 7) is 1.73. The molecule has 12 heavy (non-hydrogen) atoms. The quantitative estimate of drug-likeness (QED) is 0.593. The Morgan fingerprint density at radius 3 is 2.58 bits per heavy atom. The first-order chi connectivity index (χ1) is 5.68. The van der Waals surface area contributed by atoms with Crippen molar-refractivity contribution in [3.63, 3.8) is 0 Å². The van der Waals surface area contributed by atoms with Crippen molar-refractivity contribution < 1.29 is 9.90 Å². The fourth-order valence-corrected chi connectivity index (χ4v) is 0.390. The molecule has 1 rings (SSSR count). The predicted octanol–water partition coefficient (Wildman–Crippen LogP) is 0.218. The minimum Gasteiger partial charge on any atom is -0.480 e. The second-order valence-corrected chi connectivity index (χ2v) is 2.11. The van der Waals surface area contributed by atoms with Crippen molar-refractivity contribution >= 4 is 5.97 Å². The third-order valence-corrected chi connectivity index (χ3v) is 1.16. The van der Waals surface area contributed by atoms with Crippen LogP contribution in [-0.4, -0.2) is 27.1 Å². The molecule has 1 unspecified atom stereocenters. The smallest absolute Gasteiger partial charge is 0.320 e. The molecule has 0 aliphatic heterocycles. The normalized spacial score (nSPS) is 11.2. The van der Waals surface area contributed by atoms with Crippen LogP contribution >= 0.6 is 0 Å². The van der Waals surface area contributed by atoms with Crippen molar-refractivity contribution in [1.82, 2.24) is 9.97 Å². The number of H-pyrrole nitrogens is 1. The first-order valence-corrected chi connectivity index (χ1v) is 3.59. The molecule has 0 saturated heterocycles. The monoisotopic (exact) mass is 171 g/mol. The molecule has 1 aromatic heterocycles. The summed E-state index contributed by atoms with van der Waals surface area (Å²) in [6.07, 6.45) is 5.58. The zero-order valence-electron chi connectivity index (χ0n) is 6.90. The third kappa shape index (κ3) is 5.43. The van der Waals surface area contributed by atoms with Crippen molar-refractivity contribution in [3.05, 3.63) is 18.7 Å². The van der Waals surface area contributed by atoms with Gasteiger partial charge in [-0.05, 0) is 6.42 Å². The maximum atomic E-state index is 9.81. The average Bonchev–Trinajstić information content (AvgIpc) is 2.59. The molecule has 0 aliphatic carbocycles. The maximum absolute atomic E-state index is 9.81. The van der Waals surface area contributed by atoms with Crippen molar-refractivity contribution in [2.45, 2.75) is 19.4 Å². The standard InChI is InChI=1S/C4H9NO2.C3H4N2/c1-2-3(5)4(6)7;1-2-5-3-4-1/h3H,2,5H2,1H3,(H,6,7);1-3H,(H,4,5). The number of nitrogens with one attached hydrogen (secondary N) is 1. The van der Waals surface area contributed by atoms with Crippen LogP contribution in [0.2, 0.25) is 0 Å². The van der Waals surface area contributed by atoms with E-state index in [0.29, 0.717) is 6.42 Å². The minimum absolute atomic E-state index is 0.495. The number of hydrogen-bond acceptors (Lipinski definition) is 3. The van der Waals surface area contributed by atoms with Crippen LogP contribution in [0.1, 0.15) is 13.3 Å². The Balaban J connectivity index is 0.000000211. The molecule has 5 nitrogen and oxygen atoms in total. The van der Waals surface area contributed by atoms with E-state index in [0.717, 1.165) is 0 Å². The highest BCUT2D eigenvalue weighted by atomic mass is 16.4. The van der Waals surface area contributed by atoms with Gasteiger partial charge in [0.1, 0.15) is 6.04 Å². The van der Waals surface area contributed by atoms with E-state index >= 15 is 0 Å². The Morgan fingerprint density at radius 2 is 2.50 bits per heavy atom. The van der Waals surface area contributed by atoms with E-state index in [-0.39, 0.29) is 0 Å². The number of carboxylic acid groups (broad SMARTS) is 1. The number of aromatic amines is 1. The number of nitrogens with zero attached hydrogens (tertiary/aromatic N) is 1. The largest absolute Gasteiger partial charge is 0.480 e. The fraction of sp³-hybridized carbons (Fsp3) is 0.429. The van der Waals surface area contributed by atoms with Crippen LogP contribution < -0.4 is 5.73 Å². The molecule has 1 heterocycles. The number of nitrogens with two attached hydrogens (primary N) is 1. The first kappa shape index (κ1) is 10.6. The van der Waals surface area contributed by atoms with Gasteiger partial charge in [-0.15, -0.1) is 0 Å². The van der Waals surface area contributed by atoms with Gasteiger partial charge in [-0.2, -0.15) is 0 Å². The van der Waals surface area contributed by atoms with Crippen LogP contribution in [0.25, 0.3) is 0 Å². The lowest BCUT2D eigenvalue weighted by atomic mass is 10.2. The van der Waals surface area contributed by atoms with E-state index in [9.17, 15) is 4.79 Å². The molecule has 0 saturated carbocycles. The average molecular weight is 171 g/mol. The number of aromatic nitrogens is 2. The molecule has 0 amide bonds. The van der Waals surface area contributed by atoms with Crippen molar-refractivity contribution in [3.8, 4) is 0 Å². The molecule has 1 atom stereocenters. The highest BCUT2D eigenvalue weighted by Gasteiger charge is 2.05. The van der Waals surface area contributed by atoms with Gasteiger partial charge in [-0.25, -0.2) is 4.98 Å². The lowest BCUT2D eigenvalue weighted by Crippen LogP contribution is -2.28. The Kier molecular flexibility index (Phi) is 5.64. The SMILES string of the molecule is CCC(N)C(=O)O.c1c[nH]cn1. The van der Waals surface area contributed by atoms with Gasteiger partial charge in [0, 0.05) is 12.4 Å². The van der Waals surface area contributed by atoms with Crippen LogP contribution in [-0.2, 0) is 4.79 Å². The van der Waals surface area contributed by atoms with E-state index in [1.807, 2.05) is 0 Å². The summed E-state index contributed by atoms with van der Waals surface area (Å²) < 4.78 is 0. The summed E-state index contributed by atoms with van der Waals surface area (Å²) in [7, 11) is 0. The van der Waals surface area contributed by atoms with E-state index in [1.165, 1.54) is 0 Å². The Morgan fingerprint density at radius 1 is 1.83 bits per heavy atom. The lowest BCUT2D eigenvalue weighted by Gasteiger charge is -1.97. The first-order valence-electron chi connectivity index (χ1n) is 3.59. The number of carbonyl (C=O) groups is 1. The van der Waals surface area contributed by atoms with Gasteiger partial charge in [-0.1, -0.05) is 6.92 Å². The van der Waals surface area contributed by atoms with E-state index < -0.39 is 12.0 Å². The van der Waals surface area contributed by atoms with E-state index in [2.05, 4.69) is 9.97 Å². The molecular weight excluding hydrogens is 158 g/mol. The molecule has 0 radical (unpaired) electrons. The maximum Gasteiger partial charge on any atom is 0.320 e. The Hall–Kier alpha value is -1.36. The molecule has 0 bridgehead atoms. The summed E-state index contributed by atoms with van der Waals surface area (Å²) in [6, 6.07) is -0.681. The highest BCUT2D eigenvalue weighted by Crippen LogP contribution is 1.82.